The molecule has 0 aliphatic carbocycles. The van der Waals surface area contributed by atoms with E-state index in [0.29, 0.717) is 25.3 Å². The van der Waals surface area contributed by atoms with E-state index in [2.05, 4.69) is 10.6 Å². The number of nitrogens with zero attached hydrogens (tertiary/aromatic N) is 1. The van der Waals surface area contributed by atoms with Crippen molar-refractivity contribution in [1.82, 2.24) is 5.32 Å². The van der Waals surface area contributed by atoms with Gasteiger partial charge in [0.2, 0.25) is 11.8 Å². The molecule has 2 aliphatic heterocycles. The maximum Gasteiger partial charge on any atom is 0.244 e. The summed E-state index contributed by atoms with van der Waals surface area (Å²) >= 11 is 0. The van der Waals surface area contributed by atoms with Crippen molar-refractivity contribution in [2.75, 3.05) is 36.5 Å². The quantitative estimate of drug-likeness (QED) is 0.817. The summed E-state index contributed by atoms with van der Waals surface area (Å²) in [4.78, 5) is 25.7. The summed E-state index contributed by atoms with van der Waals surface area (Å²) in [6.45, 7) is 2.05. The molecule has 2 heterocycles. The lowest BCUT2D eigenvalue weighted by Crippen LogP contribution is -2.48. The van der Waals surface area contributed by atoms with Crippen molar-refractivity contribution in [1.29, 1.82) is 0 Å². The zero-order chi connectivity index (χ0) is 13.9. The molecule has 1 fully saturated rings. The van der Waals surface area contributed by atoms with E-state index in [1.165, 1.54) is 0 Å². The fraction of sp³-hybridized carbons (Fsp3) is 0.429. The summed E-state index contributed by atoms with van der Waals surface area (Å²) in [7, 11) is 0. The van der Waals surface area contributed by atoms with Gasteiger partial charge >= 0.3 is 0 Å². The first kappa shape index (κ1) is 13.1. The predicted octanol–water partition coefficient (Wildman–Crippen LogP) is 0.350. The third-order valence-corrected chi connectivity index (χ3v) is 3.49. The SMILES string of the molecule is O=C1CN(C(=O)CC2COCCN2)c2ccccc2N1. The summed E-state index contributed by atoms with van der Waals surface area (Å²) in [5, 5.41) is 6.03. The van der Waals surface area contributed by atoms with Crippen molar-refractivity contribution in [3.63, 3.8) is 0 Å². The second kappa shape index (κ2) is 5.60. The molecule has 0 saturated carbocycles. The van der Waals surface area contributed by atoms with Crippen LogP contribution in [-0.4, -0.2) is 44.2 Å². The van der Waals surface area contributed by atoms with Crippen LogP contribution in [0.1, 0.15) is 6.42 Å². The van der Waals surface area contributed by atoms with Gasteiger partial charge in [0.25, 0.3) is 0 Å². The molecule has 6 nitrogen and oxygen atoms in total. The van der Waals surface area contributed by atoms with Crippen molar-refractivity contribution in [2.24, 2.45) is 0 Å². The molecule has 0 bridgehead atoms. The van der Waals surface area contributed by atoms with Gasteiger partial charge in [-0.05, 0) is 12.1 Å². The molecule has 1 aromatic rings. The van der Waals surface area contributed by atoms with Gasteiger partial charge in [0.15, 0.2) is 0 Å². The highest BCUT2D eigenvalue weighted by molar-refractivity contribution is 6.09. The molecule has 2 amide bonds. The zero-order valence-electron chi connectivity index (χ0n) is 11.1. The van der Waals surface area contributed by atoms with Gasteiger partial charge in [-0.2, -0.15) is 0 Å². The summed E-state index contributed by atoms with van der Waals surface area (Å²) in [6, 6.07) is 7.36. The molecule has 0 aromatic heterocycles. The molecule has 2 N–H and O–H groups in total. The normalized spacial score (nSPS) is 22.1. The third-order valence-electron chi connectivity index (χ3n) is 3.49. The van der Waals surface area contributed by atoms with Crippen LogP contribution in [0.25, 0.3) is 0 Å². The Hall–Kier alpha value is -1.92. The first-order chi connectivity index (χ1) is 9.74. The van der Waals surface area contributed by atoms with Crippen LogP contribution < -0.4 is 15.5 Å². The lowest BCUT2D eigenvalue weighted by molar-refractivity contribution is -0.122. The Kier molecular flexibility index (Phi) is 3.66. The topological polar surface area (TPSA) is 70.7 Å². The Morgan fingerprint density at radius 1 is 1.40 bits per heavy atom. The number of benzene rings is 1. The van der Waals surface area contributed by atoms with E-state index < -0.39 is 0 Å². The molecule has 0 radical (unpaired) electrons. The van der Waals surface area contributed by atoms with Crippen molar-refractivity contribution in [3.05, 3.63) is 24.3 Å². The van der Waals surface area contributed by atoms with Crippen LogP contribution in [-0.2, 0) is 14.3 Å². The molecule has 1 aromatic carbocycles. The van der Waals surface area contributed by atoms with E-state index in [1.54, 1.807) is 11.0 Å². The van der Waals surface area contributed by atoms with E-state index >= 15 is 0 Å². The number of rotatable bonds is 2. The Labute approximate surface area is 117 Å². The third kappa shape index (κ3) is 2.66. The maximum atomic E-state index is 12.4. The lowest BCUT2D eigenvalue weighted by Gasteiger charge is -2.31. The fourth-order valence-electron chi connectivity index (χ4n) is 2.53. The van der Waals surface area contributed by atoms with Gasteiger partial charge in [-0.1, -0.05) is 12.1 Å². The van der Waals surface area contributed by atoms with Gasteiger partial charge in [-0.25, -0.2) is 0 Å². The van der Waals surface area contributed by atoms with Crippen LogP contribution in [0.2, 0.25) is 0 Å². The largest absolute Gasteiger partial charge is 0.378 e. The number of morpholine rings is 1. The fourth-order valence-corrected chi connectivity index (χ4v) is 2.53. The van der Waals surface area contributed by atoms with Crippen LogP contribution in [0.3, 0.4) is 0 Å². The first-order valence-electron chi connectivity index (χ1n) is 6.74. The molecular weight excluding hydrogens is 258 g/mol. The number of hydrogen-bond acceptors (Lipinski definition) is 4. The Bertz CT molecular complexity index is 526. The van der Waals surface area contributed by atoms with Gasteiger partial charge in [0.1, 0.15) is 6.54 Å². The number of carbonyl (C=O) groups is 2. The average molecular weight is 275 g/mol. The highest BCUT2D eigenvalue weighted by Gasteiger charge is 2.28. The summed E-state index contributed by atoms with van der Waals surface area (Å²) in [5.74, 6) is -0.222. The lowest BCUT2D eigenvalue weighted by atomic mass is 10.1. The number of ether oxygens (including phenoxy) is 1. The van der Waals surface area contributed by atoms with E-state index in [4.69, 9.17) is 4.74 Å². The van der Waals surface area contributed by atoms with Crippen LogP contribution in [0.4, 0.5) is 11.4 Å². The van der Waals surface area contributed by atoms with Crippen LogP contribution in [0.15, 0.2) is 24.3 Å². The molecule has 0 spiro atoms. The maximum absolute atomic E-state index is 12.4. The molecule has 106 valence electrons. The van der Waals surface area contributed by atoms with Gasteiger partial charge in [0, 0.05) is 19.0 Å². The molecule has 1 saturated heterocycles. The average Bonchev–Trinajstić information content (AvgIpc) is 2.47. The second-order valence-corrected chi connectivity index (χ2v) is 4.98. The van der Waals surface area contributed by atoms with E-state index in [9.17, 15) is 9.59 Å². The van der Waals surface area contributed by atoms with Crippen LogP contribution in [0.5, 0.6) is 0 Å². The molecule has 3 rings (SSSR count). The van der Waals surface area contributed by atoms with Crippen molar-refractivity contribution >= 4 is 23.2 Å². The van der Waals surface area contributed by atoms with Crippen molar-refractivity contribution in [3.8, 4) is 0 Å². The van der Waals surface area contributed by atoms with E-state index in [1.807, 2.05) is 18.2 Å². The van der Waals surface area contributed by atoms with Gasteiger partial charge in [-0.3, -0.25) is 9.59 Å². The summed E-state index contributed by atoms with van der Waals surface area (Å²) in [5.41, 5.74) is 1.44. The second-order valence-electron chi connectivity index (χ2n) is 4.98. The smallest absolute Gasteiger partial charge is 0.244 e. The van der Waals surface area contributed by atoms with Gasteiger partial charge in [0.05, 0.1) is 24.6 Å². The highest BCUT2D eigenvalue weighted by Crippen LogP contribution is 2.29. The van der Waals surface area contributed by atoms with E-state index in [0.717, 1.165) is 12.2 Å². The number of hydrogen-bond donors (Lipinski definition) is 2. The molecule has 2 aliphatic rings. The Balaban J connectivity index is 1.75. The molecule has 1 unspecified atom stereocenters. The number of para-hydroxylation sites is 2. The Morgan fingerprint density at radius 3 is 3.05 bits per heavy atom. The predicted molar refractivity (Wildman–Crippen MR) is 74.7 cm³/mol. The molecule has 6 heteroatoms. The minimum absolute atomic E-state index is 0.0217. The van der Waals surface area contributed by atoms with Gasteiger partial charge < -0.3 is 20.3 Å². The van der Waals surface area contributed by atoms with Crippen LogP contribution in [0, 0.1) is 0 Å². The Morgan fingerprint density at radius 2 is 2.25 bits per heavy atom. The number of amides is 2. The molecule has 20 heavy (non-hydrogen) atoms. The number of anilines is 2. The van der Waals surface area contributed by atoms with Crippen molar-refractivity contribution < 1.29 is 14.3 Å². The van der Waals surface area contributed by atoms with E-state index in [-0.39, 0.29) is 24.4 Å². The van der Waals surface area contributed by atoms with Crippen molar-refractivity contribution in [2.45, 2.75) is 12.5 Å². The number of carbonyl (C=O) groups excluding carboxylic acids is 2. The standard InChI is InChI=1S/C14H17N3O3/c18-13-8-17(12-4-2-1-3-11(12)16-13)14(19)7-10-9-20-6-5-15-10/h1-4,10,15H,5-9H2,(H,16,18). The summed E-state index contributed by atoms with van der Waals surface area (Å²) < 4.78 is 5.35. The van der Waals surface area contributed by atoms with Gasteiger partial charge in [-0.15, -0.1) is 0 Å². The minimum atomic E-state index is -0.162. The minimum Gasteiger partial charge on any atom is -0.378 e. The molecule has 1 atom stereocenters. The highest BCUT2D eigenvalue weighted by atomic mass is 16.5. The monoisotopic (exact) mass is 275 g/mol. The number of nitrogens with one attached hydrogen (secondary N) is 2. The summed E-state index contributed by atoms with van der Waals surface area (Å²) in [6.07, 6.45) is 0.335. The molecular formula is C14H17N3O3. The number of fused-ring (bicyclic) bond motifs is 1. The first-order valence-corrected chi connectivity index (χ1v) is 6.74. The zero-order valence-corrected chi connectivity index (χ0v) is 11.1. The van der Waals surface area contributed by atoms with Crippen LogP contribution >= 0.6 is 0 Å².